The Balaban J connectivity index is 1.47. The Morgan fingerprint density at radius 1 is 0.906 bits per heavy atom. The molecule has 0 spiro atoms. The van der Waals surface area contributed by atoms with Gasteiger partial charge in [0.25, 0.3) is 11.8 Å². The lowest BCUT2D eigenvalue weighted by Crippen LogP contribution is -2.32. The molecule has 0 aromatic heterocycles. The molecular weight excluding hydrogens is 476 g/mol. The van der Waals surface area contributed by atoms with Crippen molar-refractivity contribution in [2.45, 2.75) is 6.92 Å². The van der Waals surface area contributed by atoms with Gasteiger partial charge in [-0.25, -0.2) is 0 Å². The van der Waals surface area contributed by atoms with Crippen molar-refractivity contribution in [1.29, 1.82) is 0 Å². The minimum Gasteiger partial charge on any atom is -0.455 e. The first-order valence-electron chi connectivity index (χ1n) is 9.73. The van der Waals surface area contributed by atoms with Gasteiger partial charge in [-0.3, -0.25) is 14.4 Å². The Morgan fingerprint density at radius 3 is 2.31 bits per heavy atom. The van der Waals surface area contributed by atoms with Crippen LogP contribution in [0.15, 0.2) is 77.3 Å². The van der Waals surface area contributed by atoms with E-state index in [4.69, 9.17) is 9.47 Å². The van der Waals surface area contributed by atoms with Gasteiger partial charge in [-0.2, -0.15) is 0 Å². The maximum atomic E-state index is 12.2. The SMILES string of the molecule is Cc1ccc(Oc2ccccc2NC(=O)COC(=O)CNC(=O)c2ccc(Br)cc2)cc1. The molecule has 2 amide bonds. The molecule has 2 N–H and O–H groups in total. The van der Waals surface area contributed by atoms with E-state index in [2.05, 4.69) is 26.6 Å². The first kappa shape index (κ1) is 23.0. The summed E-state index contributed by atoms with van der Waals surface area (Å²) in [5, 5.41) is 5.11. The molecule has 0 saturated heterocycles. The molecule has 0 aliphatic carbocycles. The molecule has 3 aromatic carbocycles. The zero-order valence-corrected chi connectivity index (χ0v) is 18.8. The first-order chi connectivity index (χ1) is 15.4. The van der Waals surface area contributed by atoms with Crippen LogP contribution < -0.4 is 15.4 Å². The number of anilines is 1. The molecule has 0 bridgehead atoms. The maximum absolute atomic E-state index is 12.2. The topological polar surface area (TPSA) is 93.7 Å². The average molecular weight is 497 g/mol. The Labute approximate surface area is 193 Å². The van der Waals surface area contributed by atoms with Crippen molar-refractivity contribution in [3.05, 3.63) is 88.4 Å². The lowest BCUT2D eigenvalue weighted by atomic mass is 10.2. The summed E-state index contributed by atoms with van der Waals surface area (Å²) in [4.78, 5) is 36.1. The van der Waals surface area contributed by atoms with Crippen LogP contribution in [-0.4, -0.2) is 30.9 Å². The van der Waals surface area contributed by atoms with Crippen LogP contribution in [0.5, 0.6) is 11.5 Å². The highest BCUT2D eigenvalue weighted by Crippen LogP contribution is 2.29. The molecule has 164 valence electrons. The summed E-state index contributed by atoms with van der Waals surface area (Å²) in [6, 6.07) is 21.1. The highest BCUT2D eigenvalue weighted by molar-refractivity contribution is 9.10. The predicted octanol–water partition coefficient (Wildman–Crippen LogP) is 4.46. The molecule has 0 unspecified atom stereocenters. The molecule has 0 aliphatic rings. The Morgan fingerprint density at radius 2 is 1.59 bits per heavy atom. The zero-order chi connectivity index (χ0) is 22.9. The second-order valence-electron chi connectivity index (χ2n) is 6.81. The molecule has 3 rings (SSSR count). The molecule has 0 aliphatic heterocycles. The molecule has 0 atom stereocenters. The molecule has 0 saturated carbocycles. The first-order valence-corrected chi connectivity index (χ1v) is 10.5. The molecule has 32 heavy (non-hydrogen) atoms. The summed E-state index contributed by atoms with van der Waals surface area (Å²) in [5.74, 6) is -0.587. The van der Waals surface area contributed by atoms with Crippen molar-refractivity contribution in [3.63, 3.8) is 0 Å². The fourth-order valence-electron chi connectivity index (χ4n) is 2.63. The summed E-state index contributed by atoms with van der Waals surface area (Å²) < 4.78 is 11.6. The fourth-order valence-corrected chi connectivity index (χ4v) is 2.90. The Bertz CT molecular complexity index is 1100. The largest absolute Gasteiger partial charge is 0.455 e. The number of carbonyl (C=O) groups excluding carboxylic acids is 3. The number of aryl methyl sites for hydroxylation is 1. The van der Waals surface area contributed by atoms with Gasteiger partial charge < -0.3 is 20.1 Å². The number of carbonyl (C=O) groups is 3. The van der Waals surface area contributed by atoms with Crippen LogP contribution in [0.4, 0.5) is 5.69 Å². The van der Waals surface area contributed by atoms with E-state index in [0.29, 0.717) is 22.7 Å². The van der Waals surface area contributed by atoms with Gasteiger partial charge in [0.1, 0.15) is 12.3 Å². The van der Waals surface area contributed by atoms with Crippen molar-refractivity contribution >= 4 is 39.4 Å². The van der Waals surface area contributed by atoms with E-state index in [-0.39, 0.29) is 6.54 Å². The average Bonchev–Trinajstić information content (AvgIpc) is 2.79. The number of nitrogens with one attached hydrogen (secondary N) is 2. The number of benzene rings is 3. The standard InChI is InChI=1S/C24H21BrN2O5/c1-16-6-12-19(13-7-16)32-21-5-3-2-4-20(21)27-22(28)15-31-23(29)14-26-24(30)17-8-10-18(25)11-9-17/h2-13H,14-15H2,1H3,(H,26,30)(H,27,28). The number of halogens is 1. The molecule has 0 fully saturated rings. The van der Waals surface area contributed by atoms with Gasteiger partial charge >= 0.3 is 5.97 Å². The summed E-state index contributed by atoms with van der Waals surface area (Å²) >= 11 is 3.29. The van der Waals surface area contributed by atoms with Crippen LogP contribution in [0, 0.1) is 6.92 Å². The second-order valence-corrected chi connectivity index (χ2v) is 7.73. The number of hydrogen-bond donors (Lipinski definition) is 2. The van der Waals surface area contributed by atoms with E-state index in [9.17, 15) is 14.4 Å². The van der Waals surface area contributed by atoms with E-state index in [1.54, 1.807) is 48.5 Å². The summed E-state index contributed by atoms with van der Waals surface area (Å²) in [6.45, 7) is 1.13. The highest BCUT2D eigenvalue weighted by atomic mass is 79.9. The van der Waals surface area contributed by atoms with Crippen molar-refractivity contribution in [2.24, 2.45) is 0 Å². The third kappa shape index (κ3) is 6.95. The summed E-state index contributed by atoms with van der Waals surface area (Å²) in [6.07, 6.45) is 0. The van der Waals surface area contributed by atoms with E-state index in [1.807, 2.05) is 31.2 Å². The van der Waals surface area contributed by atoms with Crippen LogP contribution in [0.2, 0.25) is 0 Å². The molecule has 0 heterocycles. The zero-order valence-electron chi connectivity index (χ0n) is 17.3. The monoisotopic (exact) mass is 496 g/mol. The lowest BCUT2D eigenvalue weighted by molar-refractivity contribution is -0.146. The third-order valence-electron chi connectivity index (χ3n) is 4.27. The van der Waals surface area contributed by atoms with Crippen molar-refractivity contribution in [1.82, 2.24) is 5.32 Å². The van der Waals surface area contributed by atoms with Crippen LogP contribution in [0.25, 0.3) is 0 Å². The summed E-state index contributed by atoms with van der Waals surface area (Å²) in [7, 11) is 0. The number of ether oxygens (including phenoxy) is 2. The van der Waals surface area contributed by atoms with Gasteiger partial charge in [0.15, 0.2) is 12.4 Å². The smallest absolute Gasteiger partial charge is 0.325 e. The molecule has 8 heteroatoms. The van der Waals surface area contributed by atoms with Crippen LogP contribution >= 0.6 is 15.9 Å². The van der Waals surface area contributed by atoms with Gasteiger partial charge in [-0.1, -0.05) is 45.8 Å². The van der Waals surface area contributed by atoms with Crippen LogP contribution in [-0.2, 0) is 14.3 Å². The summed E-state index contributed by atoms with van der Waals surface area (Å²) in [5.41, 5.74) is 1.95. The number of para-hydroxylation sites is 2. The van der Waals surface area contributed by atoms with Crippen LogP contribution in [0.1, 0.15) is 15.9 Å². The van der Waals surface area contributed by atoms with Gasteiger partial charge in [-0.05, 0) is 55.5 Å². The normalized spacial score (nSPS) is 10.2. The lowest BCUT2D eigenvalue weighted by Gasteiger charge is -2.12. The van der Waals surface area contributed by atoms with Crippen LogP contribution in [0.3, 0.4) is 0 Å². The van der Waals surface area contributed by atoms with E-state index < -0.39 is 24.4 Å². The fraction of sp³-hybridized carbons (Fsp3) is 0.125. The number of amides is 2. The van der Waals surface area contributed by atoms with Crippen molar-refractivity contribution in [2.75, 3.05) is 18.5 Å². The number of rotatable bonds is 8. The molecule has 7 nitrogen and oxygen atoms in total. The van der Waals surface area contributed by atoms with Gasteiger partial charge in [0.2, 0.25) is 0 Å². The van der Waals surface area contributed by atoms with E-state index in [1.165, 1.54) is 0 Å². The third-order valence-corrected chi connectivity index (χ3v) is 4.80. The van der Waals surface area contributed by atoms with Gasteiger partial charge in [0.05, 0.1) is 5.69 Å². The van der Waals surface area contributed by atoms with E-state index in [0.717, 1.165) is 10.0 Å². The number of hydrogen-bond acceptors (Lipinski definition) is 5. The molecule has 0 radical (unpaired) electrons. The van der Waals surface area contributed by atoms with Crippen molar-refractivity contribution < 1.29 is 23.9 Å². The Kier molecular flexibility index (Phi) is 7.99. The quantitative estimate of drug-likeness (QED) is 0.449. The van der Waals surface area contributed by atoms with Gasteiger partial charge in [0, 0.05) is 10.0 Å². The molecular formula is C24H21BrN2O5. The van der Waals surface area contributed by atoms with E-state index >= 15 is 0 Å². The second kappa shape index (κ2) is 11.1. The molecule has 3 aromatic rings. The Hall–Kier alpha value is -3.65. The maximum Gasteiger partial charge on any atom is 0.325 e. The minimum atomic E-state index is -0.727. The number of esters is 1. The van der Waals surface area contributed by atoms with Crippen molar-refractivity contribution in [3.8, 4) is 11.5 Å². The van der Waals surface area contributed by atoms with Gasteiger partial charge in [-0.15, -0.1) is 0 Å². The predicted molar refractivity (Wildman–Crippen MR) is 124 cm³/mol. The minimum absolute atomic E-state index is 0.352. The highest BCUT2D eigenvalue weighted by Gasteiger charge is 2.13.